The lowest BCUT2D eigenvalue weighted by atomic mass is 9.94. The van der Waals surface area contributed by atoms with E-state index in [0.29, 0.717) is 23.6 Å². The van der Waals surface area contributed by atoms with Gasteiger partial charge in [0.2, 0.25) is 0 Å². The first-order valence-corrected chi connectivity index (χ1v) is 11.8. The zero-order valence-electron chi connectivity index (χ0n) is 18.6. The summed E-state index contributed by atoms with van der Waals surface area (Å²) in [6, 6.07) is 5.99. The van der Waals surface area contributed by atoms with Crippen molar-refractivity contribution in [2.45, 2.75) is 57.3 Å². The van der Waals surface area contributed by atoms with Crippen LogP contribution in [0.2, 0.25) is 0 Å². The van der Waals surface area contributed by atoms with E-state index in [1.807, 2.05) is 41.3 Å². The number of rotatable bonds is 4. The molecule has 2 heterocycles. The topological polar surface area (TPSA) is 68.2 Å². The Labute approximate surface area is 189 Å². The van der Waals surface area contributed by atoms with Gasteiger partial charge in [-0.2, -0.15) is 0 Å². The summed E-state index contributed by atoms with van der Waals surface area (Å²) in [5, 5.41) is 4.30. The van der Waals surface area contributed by atoms with E-state index in [2.05, 4.69) is 11.2 Å². The standard InChI is InChI=1S/C26H32N2O4/c29-24(28-15-6-4-7-16-28)19-32-27-22-11-5-2-1-3-8-17-31-26(30)25-21(18-22)10-9-12-23(25)20-13-14-20/h3,5,8-12,20H,1-2,4,6-7,13-19H2/b8-3+,11-5+,27-22-. The second-order valence-electron chi connectivity index (χ2n) is 8.68. The van der Waals surface area contributed by atoms with E-state index in [-0.39, 0.29) is 25.1 Å². The van der Waals surface area contributed by atoms with Gasteiger partial charge < -0.3 is 14.5 Å². The highest BCUT2D eigenvalue weighted by Gasteiger charge is 2.30. The number of benzene rings is 1. The summed E-state index contributed by atoms with van der Waals surface area (Å²) in [6.07, 6.45) is 15.6. The van der Waals surface area contributed by atoms with Gasteiger partial charge in [-0.25, -0.2) is 4.79 Å². The fourth-order valence-electron chi connectivity index (χ4n) is 4.27. The number of hydrogen-bond donors (Lipinski definition) is 0. The molecule has 1 aliphatic carbocycles. The van der Waals surface area contributed by atoms with Crippen molar-refractivity contribution in [2.24, 2.45) is 5.16 Å². The van der Waals surface area contributed by atoms with E-state index in [1.54, 1.807) is 0 Å². The van der Waals surface area contributed by atoms with E-state index in [4.69, 9.17) is 9.57 Å². The van der Waals surface area contributed by atoms with Crippen LogP contribution in [-0.2, 0) is 20.8 Å². The highest BCUT2D eigenvalue weighted by Crippen LogP contribution is 2.42. The number of ether oxygens (including phenoxy) is 1. The van der Waals surface area contributed by atoms with Gasteiger partial charge in [0.25, 0.3) is 5.91 Å². The molecule has 6 heteroatoms. The number of fused-ring (bicyclic) bond motifs is 1. The number of piperidine rings is 1. The summed E-state index contributed by atoms with van der Waals surface area (Å²) in [4.78, 5) is 32.7. The van der Waals surface area contributed by atoms with Gasteiger partial charge in [-0.15, -0.1) is 0 Å². The highest BCUT2D eigenvalue weighted by atomic mass is 16.6. The van der Waals surface area contributed by atoms with Crippen molar-refractivity contribution < 1.29 is 19.2 Å². The molecule has 6 nitrogen and oxygen atoms in total. The number of nitrogens with zero attached hydrogens (tertiary/aromatic N) is 2. The van der Waals surface area contributed by atoms with Crippen molar-refractivity contribution in [1.82, 2.24) is 4.90 Å². The Morgan fingerprint density at radius 2 is 1.91 bits per heavy atom. The summed E-state index contributed by atoms with van der Waals surface area (Å²) >= 11 is 0. The van der Waals surface area contributed by atoms with Crippen molar-refractivity contribution >= 4 is 17.6 Å². The number of esters is 1. The lowest BCUT2D eigenvalue weighted by Crippen LogP contribution is -2.37. The van der Waals surface area contributed by atoms with Gasteiger partial charge in [0, 0.05) is 19.5 Å². The second kappa shape index (κ2) is 11.1. The van der Waals surface area contributed by atoms with Crippen LogP contribution in [0.25, 0.3) is 0 Å². The molecular formula is C26H32N2O4. The van der Waals surface area contributed by atoms with Crippen molar-refractivity contribution in [3.63, 3.8) is 0 Å². The predicted molar refractivity (Wildman–Crippen MR) is 124 cm³/mol. The molecule has 0 spiro atoms. The van der Waals surface area contributed by atoms with Crippen LogP contribution in [0.5, 0.6) is 0 Å². The smallest absolute Gasteiger partial charge is 0.339 e. The Balaban J connectivity index is 1.53. The van der Waals surface area contributed by atoms with E-state index >= 15 is 0 Å². The third-order valence-corrected chi connectivity index (χ3v) is 6.14. The Morgan fingerprint density at radius 1 is 1.09 bits per heavy atom. The predicted octanol–water partition coefficient (Wildman–Crippen LogP) is 4.55. The summed E-state index contributed by atoms with van der Waals surface area (Å²) in [5.74, 6) is 0.127. The summed E-state index contributed by atoms with van der Waals surface area (Å²) in [6.45, 7) is 1.82. The lowest BCUT2D eigenvalue weighted by molar-refractivity contribution is -0.137. The molecule has 0 radical (unpaired) electrons. The molecule has 4 rings (SSSR count). The molecule has 0 atom stereocenters. The van der Waals surface area contributed by atoms with Crippen LogP contribution in [0.1, 0.15) is 72.3 Å². The quantitative estimate of drug-likeness (QED) is 0.394. The molecule has 1 saturated carbocycles. The minimum atomic E-state index is -0.282. The first-order valence-electron chi connectivity index (χ1n) is 11.8. The summed E-state index contributed by atoms with van der Waals surface area (Å²) < 4.78 is 5.55. The van der Waals surface area contributed by atoms with Crippen LogP contribution in [0.4, 0.5) is 0 Å². The van der Waals surface area contributed by atoms with Crippen LogP contribution in [0.3, 0.4) is 0 Å². The number of allylic oxidation sites excluding steroid dienone is 3. The first kappa shape index (κ1) is 22.3. The minimum absolute atomic E-state index is 0.0206. The largest absolute Gasteiger partial charge is 0.458 e. The molecular weight excluding hydrogens is 404 g/mol. The molecule has 1 aromatic rings. The molecule has 2 aliphatic heterocycles. The fraction of sp³-hybridized carbons (Fsp3) is 0.500. The van der Waals surface area contributed by atoms with Gasteiger partial charge in [0.05, 0.1) is 11.3 Å². The average Bonchev–Trinajstić information content (AvgIpc) is 3.65. The molecule has 2 fully saturated rings. The number of amides is 1. The molecule has 1 saturated heterocycles. The van der Waals surface area contributed by atoms with Crippen molar-refractivity contribution in [2.75, 3.05) is 26.3 Å². The molecule has 0 N–H and O–H groups in total. The van der Waals surface area contributed by atoms with Crippen molar-refractivity contribution in [3.05, 3.63) is 59.2 Å². The number of oxime groups is 1. The van der Waals surface area contributed by atoms with Crippen LogP contribution in [0.15, 0.2) is 47.7 Å². The maximum atomic E-state index is 13.0. The van der Waals surface area contributed by atoms with Crippen LogP contribution in [-0.4, -0.2) is 48.8 Å². The maximum absolute atomic E-state index is 13.0. The van der Waals surface area contributed by atoms with Gasteiger partial charge in [0.1, 0.15) is 6.61 Å². The molecule has 0 aromatic heterocycles. The van der Waals surface area contributed by atoms with Gasteiger partial charge in [-0.05, 0) is 68.1 Å². The molecule has 0 bridgehead atoms. The van der Waals surface area contributed by atoms with Gasteiger partial charge >= 0.3 is 5.97 Å². The lowest BCUT2D eigenvalue weighted by Gasteiger charge is -2.26. The normalized spacial score (nSPS) is 23.2. The van der Waals surface area contributed by atoms with Crippen molar-refractivity contribution in [1.29, 1.82) is 0 Å². The molecule has 1 aromatic carbocycles. The Hall–Kier alpha value is -2.89. The third-order valence-electron chi connectivity index (χ3n) is 6.14. The van der Waals surface area contributed by atoms with Crippen molar-refractivity contribution in [3.8, 4) is 0 Å². The van der Waals surface area contributed by atoms with Crippen LogP contribution >= 0.6 is 0 Å². The Bertz CT molecular complexity index is 908. The molecule has 170 valence electrons. The van der Waals surface area contributed by atoms with E-state index in [0.717, 1.165) is 62.7 Å². The number of carbonyl (C=O) groups is 2. The Morgan fingerprint density at radius 3 is 2.72 bits per heavy atom. The number of cyclic esters (lactones) is 1. The van der Waals surface area contributed by atoms with Gasteiger partial charge in [0.15, 0.2) is 6.61 Å². The Kier molecular flexibility index (Phi) is 7.75. The minimum Gasteiger partial charge on any atom is -0.458 e. The zero-order chi connectivity index (χ0) is 22.2. The fourth-order valence-corrected chi connectivity index (χ4v) is 4.27. The molecule has 0 unspecified atom stereocenters. The van der Waals surface area contributed by atoms with Crippen LogP contribution in [0, 0.1) is 0 Å². The average molecular weight is 437 g/mol. The molecule has 3 aliphatic rings. The molecule has 1 amide bonds. The number of likely N-dealkylation sites (tertiary alicyclic amines) is 1. The van der Waals surface area contributed by atoms with E-state index in [1.165, 1.54) is 6.42 Å². The second-order valence-corrected chi connectivity index (χ2v) is 8.68. The third kappa shape index (κ3) is 6.09. The first-order chi connectivity index (χ1) is 15.7. The van der Waals surface area contributed by atoms with Gasteiger partial charge in [-0.3, -0.25) is 4.79 Å². The summed E-state index contributed by atoms with van der Waals surface area (Å²) in [7, 11) is 0. The van der Waals surface area contributed by atoms with Gasteiger partial charge in [-0.1, -0.05) is 41.6 Å². The number of hydrogen-bond acceptors (Lipinski definition) is 5. The highest BCUT2D eigenvalue weighted by molar-refractivity contribution is 6.00. The van der Waals surface area contributed by atoms with E-state index < -0.39 is 0 Å². The summed E-state index contributed by atoms with van der Waals surface area (Å²) in [5.41, 5.74) is 3.31. The SMILES string of the molecule is O=C1OC/C=C/CC/C=C/C(=N/OCC(=O)N2CCCCC2)Cc2cccc(C3CC3)c21. The number of carbonyl (C=O) groups excluding carboxylic acids is 2. The maximum Gasteiger partial charge on any atom is 0.339 e. The monoisotopic (exact) mass is 436 g/mol. The molecule has 32 heavy (non-hydrogen) atoms. The van der Waals surface area contributed by atoms with Crippen LogP contribution < -0.4 is 0 Å². The zero-order valence-corrected chi connectivity index (χ0v) is 18.6. The van der Waals surface area contributed by atoms with E-state index in [9.17, 15) is 9.59 Å².